The maximum absolute atomic E-state index is 12.2. The number of benzene rings is 1. The number of aromatic nitrogens is 1. The number of hydrogen-bond donors (Lipinski definition) is 0. The highest BCUT2D eigenvalue weighted by atomic mass is 32.1. The van der Waals surface area contributed by atoms with E-state index in [2.05, 4.69) is 9.73 Å². The zero-order valence-electron chi connectivity index (χ0n) is 13.5. The summed E-state index contributed by atoms with van der Waals surface area (Å²) in [4.78, 5) is 17.4. The summed E-state index contributed by atoms with van der Waals surface area (Å²) in [5.41, 5.74) is 1.34. The highest BCUT2D eigenvalue weighted by molar-refractivity contribution is 7.11. The maximum atomic E-state index is 12.2. The number of thiazole rings is 1. The van der Waals surface area contributed by atoms with Crippen LogP contribution in [0.4, 0.5) is 18.9 Å². The number of ketones is 1. The maximum Gasteiger partial charge on any atom is 0.573 e. The third-order valence-electron chi connectivity index (χ3n) is 3.22. The van der Waals surface area contributed by atoms with Crippen molar-refractivity contribution in [2.24, 2.45) is 4.99 Å². The van der Waals surface area contributed by atoms with Gasteiger partial charge in [0.2, 0.25) is 0 Å². The van der Waals surface area contributed by atoms with Crippen molar-refractivity contribution >= 4 is 22.8 Å². The van der Waals surface area contributed by atoms with Crippen LogP contribution < -0.4 is 9.54 Å². The lowest BCUT2D eigenvalue weighted by Gasteiger charge is -2.08. The van der Waals surface area contributed by atoms with Crippen LogP contribution in [-0.2, 0) is 6.54 Å². The van der Waals surface area contributed by atoms with Gasteiger partial charge in [0, 0.05) is 19.2 Å². The van der Waals surface area contributed by atoms with E-state index in [4.69, 9.17) is 0 Å². The summed E-state index contributed by atoms with van der Waals surface area (Å²) >= 11 is 1.28. The number of halogens is 3. The number of rotatable bonds is 5. The molecule has 1 aromatic carbocycles. The Morgan fingerprint density at radius 1 is 1.29 bits per heavy atom. The lowest BCUT2D eigenvalue weighted by molar-refractivity contribution is -0.274. The van der Waals surface area contributed by atoms with E-state index in [-0.39, 0.29) is 11.5 Å². The van der Waals surface area contributed by atoms with Crippen LogP contribution in [0.2, 0.25) is 0 Å². The van der Waals surface area contributed by atoms with Crippen molar-refractivity contribution in [3.63, 3.8) is 0 Å². The predicted octanol–water partition coefficient (Wildman–Crippen LogP) is 4.60. The highest BCUT2D eigenvalue weighted by Gasteiger charge is 2.30. The van der Waals surface area contributed by atoms with Crippen LogP contribution in [0.1, 0.15) is 35.6 Å². The Balaban J connectivity index is 2.40. The van der Waals surface area contributed by atoms with Gasteiger partial charge in [0.25, 0.3) is 0 Å². The molecule has 0 radical (unpaired) electrons. The third kappa shape index (κ3) is 4.47. The number of Topliss-reactive ketones (excluding diaryl/α,β-unsaturated/α-hetero) is 1. The minimum atomic E-state index is -4.72. The van der Waals surface area contributed by atoms with Crippen LogP contribution in [0.15, 0.2) is 29.3 Å². The molecule has 4 nitrogen and oxygen atoms in total. The fourth-order valence-electron chi connectivity index (χ4n) is 2.22. The average Bonchev–Trinajstić information content (AvgIpc) is 2.77. The van der Waals surface area contributed by atoms with Crippen LogP contribution >= 0.6 is 11.3 Å². The molecule has 0 amide bonds. The molecule has 2 rings (SSSR count). The molecule has 24 heavy (non-hydrogen) atoms. The summed E-state index contributed by atoms with van der Waals surface area (Å²) in [5, 5.41) is 0. The number of hydrogen-bond acceptors (Lipinski definition) is 4. The van der Waals surface area contributed by atoms with Crippen molar-refractivity contribution in [3.8, 4) is 5.75 Å². The van der Waals surface area contributed by atoms with Gasteiger partial charge in [0.1, 0.15) is 5.75 Å². The van der Waals surface area contributed by atoms with Gasteiger partial charge < -0.3 is 9.30 Å². The average molecular weight is 358 g/mol. The predicted molar refractivity (Wildman–Crippen MR) is 85.7 cm³/mol. The number of ether oxygens (including phenoxy) is 1. The molecule has 0 aliphatic carbocycles. The number of carbonyl (C=O) groups excluding carboxylic acids is 1. The fraction of sp³-hybridized carbons (Fsp3) is 0.375. The van der Waals surface area contributed by atoms with E-state index in [1.54, 1.807) is 0 Å². The molecule has 0 saturated carbocycles. The first-order valence-electron chi connectivity index (χ1n) is 7.33. The molecule has 2 aromatic rings. The quantitative estimate of drug-likeness (QED) is 0.733. The van der Waals surface area contributed by atoms with E-state index >= 15 is 0 Å². The molecule has 0 fully saturated rings. The molecular formula is C16H17F3N2O2S. The fourth-order valence-corrected chi connectivity index (χ4v) is 3.29. The van der Waals surface area contributed by atoms with Gasteiger partial charge in [-0.1, -0.05) is 18.3 Å². The molecular weight excluding hydrogens is 341 g/mol. The summed E-state index contributed by atoms with van der Waals surface area (Å²) in [6.07, 6.45) is -3.84. The van der Waals surface area contributed by atoms with Gasteiger partial charge in [-0.3, -0.25) is 4.79 Å². The van der Waals surface area contributed by atoms with E-state index < -0.39 is 6.36 Å². The van der Waals surface area contributed by atoms with E-state index in [0.717, 1.165) is 12.1 Å². The molecule has 0 saturated heterocycles. The highest BCUT2D eigenvalue weighted by Crippen LogP contribution is 2.25. The Bertz CT molecular complexity index is 789. The van der Waals surface area contributed by atoms with Gasteiger partial charge in [-0.15, -0.1) is 13.2 Å². The first-order chi connectivity index (χ1) is 11.2. The molecule has 1 aromatic heterocycles. The minimum absolute atomic E-state index is 0.0299. The molecule has 0 N–H and O–H groups in total. The lowest BCUT2D eigenvalue weighted by Crippen LogP contribution is -2.17. The van der Waals surface area contributed by atoms with Crippen LogP contribution in [0.3, 0.4) is 0 Å². The largest absolute Gasteiger partial charge is 0.573 e. The van der Waals surface area contributed by atoms with Gasteiger partial charge in [0.05, 0.1) is 10.6 Å². The summed E-state index contributed by atoms with van der Waals surface area (Å²) in [6.45, 7) is 6.10. The van der Waals surface area contributed by atoms with E-state index in [1.807, 2.05) is 18.4 Å². The molecule has 0 unspecified atom stereocenters. The summed E-state index contributed by atoms with van der Waals surface area (Å²) in [6, 6.07) is 5.31. The Morgan fingerprint density at radius 3 is 2.42 bits per heavy atom. The van der Waals surface area contributed by atoms with E-state index in [9.17, 15) is 18.0 Å². The second-order valence-electron chi connectivity index (χ2n) is 5.16. The van der Waals surface area contributed by atoms with Crippen LogP contribution in [0.25, 0.3) is 0 Å². The van der Waals surface area contributed by atoms with Crippen molar-refractivity contribution in [3.05, 3.63) is 39.6 Å². The minimum Gasteiger partial charge on any atom is -0.406 e. The topological polar surface area (TPSA) is 43.6 Å². The summed E-state index contributed by atoms with van der Waals surface area (Å²) in [7, 11) is 0. The number of nitrogens with zero attached hydrogens (tertiary/aromatic N) is 2. The Kier molecular flexibility index (Phi) is 5.48. The van der Waals surface area contributed by atoms with Crippen molar-refractivity contribution in [2.75, 3.05) is 0 Å². The van der Waals surface area contributed by atoms with Crippen LogP contribution in [0.5, 0.6) is 5.75 Å². The Labute approximate surface area is 141 Å². The van der Waals surface area contributed by atoms with Crippen molar-refractivity contribution in [2.45, 2.75) is 40.1 Å². The molecule has 1 heterocycles. The van der Waals surface area contributed by atoms with Gasteiger partial charge in [-0.25, -0.2) is 4.99 Å². The van der Waals surface area contributed by atoms with Crippen molar-refractivity contribution < 1.29 is 22.7 Å². The summed E-state index contributed by atoms with van der Waals surface area (Å²) < 4.78 is 42.3. The monoisotopic (exact) mass is 358 g/mol. The van der Waals surface area contributed by atoms with Gasteiger partial charge in [-0.2, -0.15) is 0 Å². The third-order valence-corrected chi connectivity index (χ3v) is 4.50. The van der Waals surface area contributed by atoms with Gasteiger partial charge in [0.15, 0.2) is 10.6 Å². The molecule has 0 bridgehead atoms. The van der Waals surface area contributed by atoms with E-state index in [1.165, 1.54) is 42.5 Å². The van der Waals surface area contributed by atoms with Crippen LogP contribution in [0, 0.1) is 6.92 Å². The zero-order valence-corrected chi connectivity index (χ0v) is 14.3. The Hall–Kier alpha value is -2.09. The number of alkyl halides is 3. The first-order valence-corrected chi connectivity index (χ1v) is 8.14. The lowest BCUT2D eigenvalue weighted by atomic mass is 10.3. The standard InChI is InChI=1S/C16H17F3N2O2S/c1-4-9-21-10(2)14(11(3)22)24-15(21)20-12-5-7-13(8-6-12)23-16(17,18)19/h5-8H,4,9H2,1-3H3/b20-15+. The van der Waals surface area contributed by atoms with E-state index in [0.29, 0.717) is 21.9 Å². The second kappa shape index (κ2) is 7.21. The number of carbonyl (C=O) groups is 1. The molecule has 0 spiro atoms. The normalized spacial score (nSPS) is 12.5. The van der Waals surface area contributed by atoms with Gasteiger partial charge in [-0.05, 0) is 37.6 Å². The Morgan fingerprint density at radius 2 is 1.92 bits per heavy atom. The molecule has 130 valence electrons. The van der Waals surface area contributed by atoms with Crippen LogP contribution in [-0.4, -0.2) is 16.7 Å². The van der Waals surface area contributed by atoms with Gasteiger partial charge >= 0.3 is 6.36 Å². The SMILES string of the molecule is CCCn1c(C)c(C(C)=O)s/c1=N/c1ccc(OC(F)(F)F)cc1. The van der Waals surface area contributed by atoms with Crippen molar-refractivity contribution in [1.29, 1.82) is 0 Å². The molecule has 8 heteroatoms. The smallest absolute Gasteiger partial charge is 0.406 e. The second-order valence-corrected chi connectivity index (χ2v) is 6.14. The summed E-state index contributed by atoms with van der Waals surface area (Å²) in [5.74, 6) is -0.326. The molecule has 0 aliphatic rings. The molecule has 0 aliphatic heterocycles. The van der Waals surface area contributed by atoms with Crippen molar-refractivity contribution in [1.82, 2.24) is 4.57 Å². The zero-order chi connectivity index (χ0) is 17.9. The molecule has 0 atom stereocenters. The first kappa shape index (κ1) is 18.3.